The zero-order valence-electron chi connectivity index (χ0n) is 14.5. The maximum Gasteiger partial charge on any atom is 0.171 e. The van der Waals surface area contributed by atoms with E-state index in [1.807, 2.05) is 48.5 Å². The molecule has 0 spiro atoms. The Labute approximate surface area is 162 Å². The lowest BCUT2D eigenvalue weighted by atomic mass is 9.90. The number of hydrogen-bond donors (Lipinski definition) is 0. The van der Waals surface area contributed by atoms with Gasteiger partial charge in [-0.1, -0.05) is 60.7 Å². The number of halogens is 2. The van der Waals surface area contributed by atoms with Gasteiger partial charge in [0, 0.05) is 38.3 Å². The van der Waals surface area contributed by atoms with Gasteiger partial charge >= 0.3 is 0 Å². The summed E-state index contributed by atoms with van der Waals surface area (Å²) in [6.45, 7) is 5.00. The molecule has 1 saturated heterocycles. The van der Waals surface area contributed by atoms with Crippen molar-refractivity contribution in [1.82, 2.24) is 9.80 Å². The smallest absolute Gasteiger partial charge is 0.171 e. The minimum atomic E-state index is -0.0954. The van der Waals surface area contributed by atoms with Crippen molar-refractivity contribution in [2.75, 3.05) is 39.8 Å². The summed E-state index contributed by atoms with van der Waals surface area (Å²) >= 11 is 0. The Bertz CT molecular complexity index is 629. The van der Waals surface area contributed by atoms with Crippen LogP contribution in [0.1, 0.15) is 21.8 Å². The summed E-state index contributed by atoms with van der Waals surface area (Å²) < 4.78 is 0. The zero-order chi connectivity index (χ0) is 16.1. The first kappa shape index (κ1) is 21.7. The zero-order valence-corrected chi connectivity index (χ0v) is 16.1. The number of ketones is 1. The number of hydrogen-bond acceptors (Lipinski definition) is 3. The molecule has 3 rings (SSSR count). The van der Waals surface area contributed by atoms with E-state index in [9.17, 15) is 4.79 Å². The molecule has 1 aliphatic rings. The van der Waals surface area contributed by atoms with Crippen LogP contribution in [0.15, 0.2) is 60.7 Å². The summed E-state index contributed by atoms with van der Waals surface area (Å²) in [4.78, 5) is 17.8. The fourth-order valence-electron chi connectivity index (χ4n) is 3.12. The molecular weight excluding hydrogens is 355 g/mol. The van der Waals surface area contributed by atoms with Crippen molar-refractivity contribution < 1.29 is 4.79 Å². The molecule has 0 bridgehead atoms. The van der Waals surface area contributed by atoms with Gasteiger partial charge in [0.25, 0.3) is 0 Å². The second-order valence-electron chi connectivity index (χ2n) is 6.30. The normalized spacial score (nSPS) is 16.4. The molecule has 1 fully saturated rings. The van der Waals surface area contributed by atoms with E-state index in [2.05, 4.69) is 29.0 Å². The minimum absolute atomic E-state index is 0. The summed E-state index contributed by atoms with van der Waals surface area (Å²) in [6.07, 6.45) is 0. The predicted molar refractivity (Wildman–Crippen MR) is 108 cm³/mol. The molecule has 1 unspecified atom stereocenters. The average molecular weight is 381 g/mol. The van der Waals surface area contributed by atoms with Gasteiger partial charge in [0.2, 0.25) is 0 Å². The number of nitrogens with zero attached hydrogens (tertiary/aromatic N) is 2. The van der Waals surface area contributed by atoms with Gasteiger partial charge in [-0.3, -0.25) is 9.69 Å². The van der Waals surface area contributed by atoms with E-state index in [1.54, 1.807) is 0 Å². The van der Waals surface area contributed by atoms with Gasteiger partial charge < -0.3 is 4.90 Å². The van der Waals surface area contributed by atoms with Crippen LogP contribution in [0.25, 0.3) is 0 Å². The van der Waals surface area contributed by atoms with Crippen molar-refractivity contribution in [1.29, 1.82) is 0 Å². The fourth-order valence-corrected chi connectivity index (χ4v) is 3.12. The quantitative estimate of drug-likeness (QED) is 0.738. The highest BCUT2D eigenvalue weighted by Gasteiger charge is 2.25. The lowest BCUT2D eigenvalue weighted by molar-refractivity contribution is 0.0903. The van der Waals surface area contributed by atoms with E-state index >= 15 is 0 Å². The highest BCUT2D eigenvalue weighted by Crippen LogP contribution is 2.23. The fraction of sp³-hybridized carbons (Fsp3) is 0.350. The molecular formula is C20H26Cl2N2O. The van der Waals surface area contributed by atoms with E-state index in [0.717, 1.165) is 43.9 Å². The second kappa shape index (κ2) is 10.6. The van der Waals surface area contributed by atoms with Gasteiger partial charge in [-0.15, -0.1) is 24.8 Å². The Kier molecular flexibility index (Phi) is 9.15. The largest absolute Gasteiger partial charge is 0.304 e. The lowest BCUT2D eigenvalue weighted by Crippen LogP contribution is -2.46. The second-order valence-corrected chi connectivity index (χ2v) is 6.30. The third-order valence-corrected chi connectivity index (χ3v) is 4.61. The van der Waals surface area contributed by atoms with Gasteiger partial charge in [-0.05, 0) is 12.6 Å². The maximum absolute atomic E-state index is 13.0. The first-order valence-electron chi connectivity index (χ1n) is 8.29. The molecule has 2 aromatic rings. The van der Waals surface area contributed by atoms with Gasteiger partial charge in [0.05, 0.1) is 5.92 Å². The van der Waals surface area contributed by atoms with Crippen LogP contribution in [-0.2, 0) is 0 Å². The molecule has 3 nitrogen and oxygen atoms in total. The Morgan fingerprint density at radius 2 is 1.40 bits per heavy atom. The van der Waals surface area contributed by atoms with Crippen LogP contribution in [-0.4, -0.2) is 55.4 Å². The van der Waals surface area contributed by atoms with E-state index in [0.29, 0.717) is 0 Å². The van der Waals surface area contributed by atoms with Crippen molar-refractivity contribution in [3.05, 3.63) is 71.8 Å². The van der Waals surface area contributed by atoms with Gasteiger partial charge in [0.15, 0.2) is 5.78 Å². The van der Waals surface area contributed by atoms with Crippen LogP contribution < -0.4 is 0 Å². The van der Waals surface area contributed by atoms with E-state index in [-0.39, 0.29) is 36.5 Å². The van der Waals surface area contributed by atoms with Crippen LogP contribution in [0.3, 0.4) is 0 Å². The highest BCUT2D eigenvalue weighted by atomic mass is 35.5. The van der Waals surface area contributed by atoms with Crippen LogP contribution in [0.4, 0.5) is 0 Å². The summed E-state index contributed by atoms with van der Waals surface area (Å²) in [5.74, 6) is 0.123. The van der Waals surface area contributed by atoms with Crippen molar-refractivity contribution in [2.24, 2.45) is 0 Å². The third kappa shape index (κ3) is 5.82. The summed E-state index contributed by atoms with van der Waals surface area (Å²) in [5.41, 5.74) is 1.91. The predicted octanol–water partition coefficient (Wildman–Crippen LogP) is 3.74. The summed E-state index contributed by atoms with van der Waals surface area (Å²) in [6, 6.07) is 19.8. The first-order valence-corrected chi connectivity index (χ1v) is 8.29. The topological polar surface area (TPSA) is 23.6 Å². The number of benzene rings is 2. The molecule has 2 aromatic carbocycles. The molecule has 0 aliphatic carbocycles. The molecule has 0 N–H and O–H groups in total. The highest BCUT2D eigenvalue weighted by molar-refractivity contribution is 6.01. The molecule has 136 valence electrons. The molecule has 0 saturated carbocycles. The SMILES string of the molecule is CN1CCN(CC(C(=O)c2ccccc2)c2ccccc2)CC1.Cl.Cl. The van der Waals surface area contributed by atoms with E-state index in [4.69, 9.17) is 0 Å². The molecule has 0 aromatic heterocycles. The minimum Gasteiger partial charge on any atom is -0.304 e. The van der Waals surface area contributed by atoms with Crippen molar-refractivity contribution in [3.63, 3.8) is 0 Å². The Morgan fingerprint density at radius 3 is 1.96 bits per heavy atom. The Balaban J connectivity index is 0.00000156. The van der Waals surface area contributed by atoms with Crippen molar-refractivity contribution >= 4 is 30.6 Å². The average Bonchev–Trinajstić information content (AvgIpc) is 2.62. The Morgan fingerprint density at radius 1 is 0.880 bits per heavy atom. The number of carbonyl (C=O) groups is 1. The van der Waals surface area contributed by atoms with Crippen molar-refractivity contribution in [3.8, 4) is 0 Å². The van der Waals surface area contributed by atoms with Crippen LogP contribution in [0.2, 0.25) is 0 Å². The summed E-state index contributed by atoms with van der Waals surface area (Å²) in [5, 5.41) is 0. The maximum atomic E-state index is 13.0. The number of carbonyl (C=O) groups excluding carboxylic acids is 1. The molecule has 5 heteroatoms. The van der Waals surface area contributed by atoms with Gasteiger partial charge in [0.1, 0.15) is 0 Å². The lowest BCUT2D eigenvalue weighted by Gasteiger charge is -2.34. The Hall–Kier alpha value is -1.39. The molecule has 1 atom stereocenters. The molecule has 1 aliphatic heterocycles. The standard InChI is InChI=1S/C20H24N2O.2ClH/c1-21-12-14-22(15-13-21)16-19(17-8-4-2-5-9-17)20(23)18-10-6-3-7-11-18;;/h2-11,19H,12-16H2,1H3;2*1H. The van der Waals surface area contributed by atoms with Crippen LogP contribution >= 0.6 is 24.8 Å². The first-order chi connectivity index (χ1) is 11.2. The van der Waals surface area contributed by atoms with Crippen LogP contribution in [0.5, 0.6) is 0 Å². The van der Waals surface area contributed by atoms with Crippen molar-refractivity contribution in [2.45, 2.75) is 5.92 Å². The summed E-state index contributed by atoms with van der Waals surface area (Å²) in [7, 11) is 2.15. The van der Waals surface area contributed by atoms with E-state index in [1.165, 1.54) is 0 Å². The van der Waals surface area contributed by atoms with E-state index < -0.39 is 0 Å². The number of piperazine rings is 1. The molecule has 0 amide bonds. The number of Topliss-reactive ketones (excluding diaryl/α,β-unsaturated/α-hetero) is 1. The molecule has 25 heavy (non-hydrogen) atoms. The number of likely N-dealkylation sites (N-methyl/N-ethyl adjacent to an activating group) is 1. The monoisotopic (exact) mass is 380 g/mol. The van der Waals surface area contributed by atoms with Gasteiger partial charge in [-0.2, -0.15) is 0 Å². The van der Waals surface area contributed by atoms with Gasteiger partial charge in [-0.25, -0.2) is 0 Å². The van der Waals surface area contributed by atoms with Crippen LogP contribution in [0, 0.1) is 0 Å². The number of rotatable bonds is 5. The third-order valence-electron chi connectivity index (χ3n) is 4.61. The molecule has 1 heterocycles. The molecule has 0 radical (unpaired) electrons.